The van der Waals surface area contributed by atoms with Crippen molar-refractivity contribution in [1.82, 2.24) is 9.21 Å². The van der Waals surface area contributed by atoms with E-state index in [0.717, 1.165) is 0 Å². The predicted octanol–water partition coefficient (Wildman–Crippen LogP) is 1.97. The third-order valence-corrected chi connectivity index (χ3v) is 7.63. The van der Waals surface area contributed by atoms with Crippen molar-refractivity contribution in [1.29, 1.82) is 0 Å². The van der Waals surface area contributed by atoms with Crippen LogP contribution in [0.1, 0.15) is 19.8 Å². The van der Waals surface area contributed by atoms with Crippen LogP contribution in [0.5, 0.6) is 5.75 Å². The fourth-order valence-electron chi connectivity index (χ4n) is 3.71. The molecule has 2 heterocycles. The van der Waals surface area contributed by atoms with Crippen molar-refractivity contribution < 1.29 is 17.9 Å². The smallest absolute Gasteiger partial charge is 0.321 e. The van der Waals surface area contributed by atoms with Crippen LogP contribution in [0, 0.1) is 5.92 Å². The number of anilines is 1. The molecule has 0 bridgehead atoms. The van der Waals surface area contributed by atoms with Gasteiger partial charge in [-0.3, -0.25) is 0 Å². The van der Waals surface area contributed by atoms with Gasteiger partial charge in [-0.25, -0.2) is 17.5 Å². The van der Waals surface area contributed by atoms with Crippen molar-refractivity contribution in [3.05, 3.63) is 24.3 Å². The van der Waals surface area contributed by atoms with Crippen LogP contribution in [-0.2, 0) is 10.0 Å². The van der Waals surface area contributed by atoms with E-state index in [2.05, 4.69) is 5.32 Å². The summed E-state index contributed by atoms with van der Waals surface area (Å²) in [4.78, 5) is 14.2. The molecule has 25 heavy (non-hydrogen) atoms. The van der Waals surface area contributed by atoms with Gasteiger partial charge in [-0.15, -0.1) is 0 Å². The van der Waals surface area contributed by atoms with Crippen molar-refractivity contribution in [3.8, 4) is 5.75 Å². The monoisotopic (exact) mass is 367 g/mol. The van der Waals surface area contributed by atoms with Gasteiger partial charge in [0.15, 0.2) is 0 Å². The van der Waals surface area contributed by atoms with E-state index in [9.17, 15) is 13.2 Å². The van der Waals surface area contributed by atoms with Gasteiger partial charge in [0, 0.05) is 37.9 Å². The lowest BCUT2D eigenvalue weighted by Gasteiger charge is -2.22. The zero-order valence-electron chi connectivity index (χ0n) is 14.6. The predicted molar refractivity (Wildman–Crippen MR) is 96.3 cm³/mol. The molecule has 1 N–H and O–H groups in total. The maximum atomic E-state index is 12.5. The highest BCUT2D eigenvalue weighted by molar-refractivity contribution is 7.90. The molecular formula is C17H25N3O4S. The summed E-state index contributed by atoms with van der Waals surface area (Å²) in [6.45, 7) is 4.00. The molecule has 1 aromatic rings. The van der Waals surface area contributed by atoms with E-state index in [1.54, 1.807) is 28.4 Å². The van der Waals surface area contributed by atoms with E-state index < -0.39 is 10.0 Å². The SMILES string of the molecule is CCN1C[C@H]2CCN(C(=O)Nc3cccc(OC)c3)CC[C@H]2S1(=O)=O. The zero-order valence-corrected chi connectivity index (χ0v) is 15.5. The molecule has 1 aromatic carbocycles. The van der Waals surface area contributed by atoms with Crippen molar-refractivity contribution in [2.45, 2.75) is 25.0 Å². The van der Waals surface area contributed by atoms with Crippen molar-refractivity contribution in [2.75, 3.05) is 38.6 Å². The summed E-state index contributed by atoms with van der Waals surface area (Å²) in [5.74, 6) is 0.786. The van der Waals surface area contributed by atoms with Crippen LogP contribution in [0.15, 0.2) is 24.3 Å². The number of carbonyl (C=O) groups is 1. The Morgan fingerprint density at radius 2 is 2.08 bits per heavy atom. The van der Waals surface area contributed by atoms with Gasteiger partial charge in [0.2, 0.25) is 10.0 Å². The topological polar surface area (TPSA) is 79.0 Å². The van der Waals surface area contributed by atoms with E-state index in [1.165, 1.54) is 0 Å². The van der Waals surface area contributed by atoms with E-state index >= 15 is 0 Å². The minimum atomic E-state index is -3.22. The summed E-state index contributed by atoms with van der Waals surface area (Å²) < 4.78 is 31.8. The standard InChI is InChI=1S/C17H25N3O4S/c1-3-20-12-13-7-9-19(10-8-16(13)25(20,22)23)17(21)18-14-5-4-6-15(11-14)24-2/h4-6,11,13,16H,3,7-10,12H2,1-2H3,(H,18,21)/t13-,16-/m1/s1. The number of fused-ring (bicyclic) bond motifs is 1. The molecule has 0 aromatic heterocycles. The first-order valence-electron chi connectivity index (χ1n) is 8.64. The van der Waals surface area contributed by atoms with Gasteiger partial charge < -0.3 is 15.0 Å². The van der Waals surface area contributed by atoms with Crippen molar-refractivity contribution in [3.63, 3.8) is 0 Å². The minimum Gasteiger partial charge on any atom is -0.497 e. The molecule has 2 aliphatic heterocycles. The lowest BCUT2D eigenvalue weighted by Crippen LogP contribution is -2.37. The number of nitrogens with zero attached hydrogens (tertiary/aromatic N) is 2. The second kappa shape index (κ2) is 7.21. The van der Waals surface area contributed by atoms with Gasteiger partial charge in [-0.1, -0.05) is 13.0 Å². The lowest BCUT2D eigenvalue weighted by molar-refractivity contribution is 0.212. The molecule has 2 fully saturated rings. The molecule has 2 aliphatic rings. The summed E-state index contributed by atoms with van der Waals surface area (Å²) in [5.41, 5.74) is 0.665. The molecule has 0 radical (unpaired) electrons. The number of amides is 2. The van der Waals surface area contributed by atoms with Gasteiger partial charge in [0.25, 0.3) is 0 Å². The van der Waals surface area contributed by atoms with E-state index in [4.69, 9.17) is 4.74 Å². The average molecular weight is 367 g/mol. The fourth-order valence-corrected chi connectivity index (χ4v) is 5.97. The number of nitrogens with one attached hydrogen (secondary N) is 1. The molecule has 2 amide bonds. The van der Waals surface area contributed by atoms with Crippen LogP contribution in [-0.4, -0.2) is 62.2 Å². The number of urea groups is 1. The highest BCUT2D eigenvalue weighted by Crippen LogP contribution is 2.34. The number of likely N-dealkylation sites (tertiary alicyclic amines) is 1. The Kier molecular flexibility index (Phi) is 5.19. The molecule has 2 atom stereocenters. The third-order valence-electron chi connectivity index (χ3n) is 5.12. The maximum absolute atomic E-state index is 12.5. The summed E-state index contributed by atoms with van der Waals surface area (Å²) in [6, 6.07) is 6.99. The molecule has 2 saturated heterocycles. The van der Waals surface area contributed by atoms with Crippen LogP contribution >= 0.6 is 0 Å². The number of sulfonamides is 1. The number of benzene rings is 1. The molecular weight excluding hydrogens is 342 g/mol. The highest BCUT2D eigenvalue weighted by atomic mass is 32.2. The van der Waals surface area contributed by atoms with Crippen molar-refractivity contribution in [2.24, 2.45) is 5.92 Å². The van der Waals surface area contributed by atoms with Crippen LogP contribution in [0.3, 0.4) is 0 Å². The highest BCUT2D eigenvalue weighted by Gasteiger charge is 2.46. The van der Waals surface area contributed by atoms with Crippen LogP contribution in [0.25, 0.3) is 0 Å². The molecule has 138 valence electrons. The number of ether oxygens (including phenoxy) is 1. The summed E-state index contributed by atoms with van der Waals surface area (Å²) in [6.07, 6.45) is 1.21. The fraction of sp³-hybridized carbons (Fsp3) is 0.588. The van der Waals surface area contributed by atoms with Gasteiger partial charge in [-0.2, -0.15) is 0 Å². The first-order valence-corrected chi connectivity index (χ1v) is 10.1. The molecule has 0 aliphatic carbocycles. The number of rotatable bonds is 3. The summed E-state index contributed by atoms with van der Waals surface area (Å²) in [5, 5.41) is 2.51. The summed E-state index contributed by atoms with van der Waals surface area (Å²) in [7, 11) is -1.64. The first-order chi connectivity index (χ1) is 12.0. The van der Waals surface area contributed by atoms with E-state index in [-0.39, 0.29) is 17.2 Å². The first kappa shape index (κ1) is 18.0. The van der Waals surface area contributed by atoms with Gasteiger partial charge >= 0.3 is 6.03 Å². The van der Waals surface area contributed by atoms with Crippen LogP contribution < -0.4 is 10.1 Å². The van der Waals surface area contributed by atoms with Crippen molar-refractivity contribution >= 4 is 21.7 Å². The Balaban J connectivity index is 1.65. The molecule has 0 saturated carbocycles. The van der Waals surface area contributed by atoms with Crippen LogP contribution in [0.2, 0.25) is 0 Å². The number of carbonyl (C=O) groups excluding carboxylic acids is 1. The Bertz CT molecular complexity index is 737. The second-order valence-electron chi connectivity index (χ2n) is 6.52. The normalized spacial score (nSPS) is 25.9. The summed E-state index contributed by atoms with van der Waals surface area (Å²) >= 11 is 0. The van der Waals surface area contributed by atoms with Crippen LogP contribution in [0.4, 0.5) is 10.5 Å². The van der Waals surface area contributed by atoms with E-state index in [1.807, 2.05) is 19.1 Å². The Morgan fingerprint density at radius 3 is 2.80 bits per heavy atom. The largest absolute Gasteiger partial charge is 0.497 e. The van der Waals surface area contributed by atoms with Gasteiger partial charge in [0.1, 0.15) is 5.75 Å². The molecule has 3 rings (SSSR count). The molecule has 0 spiro atoms. The third kappa shape index (κ3) is 3.59. The minimum absolute atomic E-state index is 0.111. The van der Waals surface area contributed by atoms with Gasteiger partial charge in [0.05, 0.1) is 12.4 Å². The maximum Gasteiger partial charge on any atom is 0.321 e. The number of methoxy groups -OCH3 is 1. The number of hydrogen-bond acceptors (Lipinski definition) is 4. The van der Waals surface area contributed by atoms with E-state index in [0.29, 0.717) is 50.5 Å². The quantitative estimate of drug-likeness (QED) is 0.886. The average Bonchev–Trinajstić information content (AvgIpc) is 2.75. The Morgan fingerprint density at radius 1 is 1.32 bits per heavy atom. The molecule has 0 unspecified atom stereocenters. The molecule has 8 heteroatoms. The molecule has 7 nitrogen and oxygen atoms in total. The Labute approximate surface area is 149 Å². The second-order valence-corrected chi connectivity index (χ2v) is 8.67. The Hall–Kier alpha value is -1.80. The zero-order chi connectivity index (χ0) is 18.0. The van der Waals surface area contributed by atoms with Gasteiger partial charge in [-0.05, 0) is 30.9 Å². The lowest BCUT2D eigenvalue weighted by atomic mass is 10.0. The number of hydrogen-bond donors (Lipinski definition) is 1.